The van der Waals surface area contributed by atoms with E-state index < -0.39 is 34.1 Å². The lowest BCUT2D eigenvalue weighted by atomic mass is 9.94. The van der Waals surface area contributed by atoms with Crippen LogP contribution in [0.3, 0.4) is 0 Å². The van der Waals surface area contributed by atoms with Gasteiger partial charge in [-0.15, -0.1) is 0 Å². The normalized spacial score (nSPS) is 17.4. The number of carbonyl (C=O) groups is 1. The Hall–Kier alpha value is -2.59. The van der Waals surface area contributed by atoms with E-state index in [1.165, 1.54) is 19.1 Å². The van der Waals surface area contributed by atoms with Crippen LogP contribution in [0.25, 0.3) is 11.3 Å². The zero-order chi connectivity index (χ0) is 27.1. The minimum Gasteiger partial charge on any atom is -0.458 e. The molecule has 1 atom stereocenters. The van der Waals surface area contributed by atoms with Crippen molar-refractivity contribution in [3.63, 3.8) is 0 Å². The summed E-state index contributed by atoms with van der Waals surface area (Å²) in [5, 5.41) is 4.17. The molecular formula is C24H14Cl4F4N2O3. The molecule has 2 heterocycles. The Morgan fingerprint density at radius 2 is 1.78 bits per heavy atom. The van der Waals surface area contributed by atoms with Crippen molar-refractivity contribution in [2.75, 3.05) is 0 Å². The molecule has 2 aromatic carbocycles. The van der Waals surface area contributed by atoms with Crippen molar-refractivity contribution in [2.24, 2.45) is 5.16 Å². The molecule has 4 rings (SSSR count). The van der Waals surface area contributed by atoms with Crippen LogP contribution < -0.4 is 0 Å². The molecule has 0 radical (unpaired) electrons. The van der Waals surface area contributed by atoms with Crippen LogP contribution in [-0.2, 0) is 27.2 Å². The molecule has 3 aromatic rings. The number of rotatable bonds is 5. The fourth-order valence-electron chi connectivity index (χ4n) is 3.47. The van der Waals surface area contributed by atoms with E-state index in [2.05, 4.69) is 10.1 Å². The lowest BCUT2D eigenvalue weighted by Crippen LogP contribution is -2.37. The van der Waals surface area contributed by atoms with Crippen molar-refractivity contribution in [2.45, 2.75) is 31.7 Å². The first-order valence-corrected chi connectivity index (χ1v) is 11.9. The van der Waals surface area contributed by atoms with E-state index in [9.17, 15) is 22.4 Å². The number of halogens is 8. The number of aromatic nitrogens is 1. The Morgan fingerprint density at radius 1 is 1.05 bits per heavy atom. The summed E-state index contributed by atoms with van der Waals surface area (Å²) >= 11 is 24.2. The summed E-state index contributed by atoms with van der Waals surface area (Å²) in [7, 11) is 0. The molecule has 0 bridgehead atoms. The SMILES string of the molecule is CC1(C(=O)OCc2ccc(Cl)cc2Cl)CC(c2cc(-c3ncc(C(F)(F)F)cc3Cl)c(F)cc2Cl)=NO1. The number of oxime groups is 1. The zero-order valence-electron chi connectivity index (χ0n) is 18.6. The number of esters is 1. The Labute approximate surface area is 227 Å². The van der Waals surface area contributed by atoms with Crippen LogP contribution in [0.2, 0.25) is 20.1 Å². The van der Waals surface area contributed by atoms with Gasteiger partial charge in [0.2, 0.25) is 5.60 Å². The van der Waals surface area contributed by atoms with Crippen LogP contribution in [0, 0.1) is 5.82 Å². The van der Waals surface area contributed by atoms with E-state index in [0.717, 1.165) is 6.07 Å². The average Bonchev–Trinajstić information content (AvgIpc) is 3.21. The minimum atomic E-state index is -4.67. The second-order valence-corrected chi connectivity index (χ2v) is 9.87. The predicted octanol–water partition coefficient (Wildman–Crippen LogP) is 8.15. The number of alkyl halides is 3. The summed E-state index contributed by atoms with van der Waals surface area (Å²) in [6, 6.07) is 7.53. The molecule has 1 aliphatic heterocycles. The van der Waals surface area contributed by atoms with Crippen molar-refractivity contribution >= 4 is 58.1 Å². The topological polar surface area (TPSA) is 60.8 Å². The fraction of sp³-hybridized carbons (Fsp3) is 0.208. The first-order chi connectivity index (χ1) is 17.3. The third-order valence-corrected chi connectivity index (χ3v) is 6.65. The summed E-state index contributed by atoms with van der Waals surface area (Å²) < 4.78 is 59.0. The van der Waals surface area contributed by atoms with Crippen molar-refractivity contribution in [3.8, 4) is 11.3 Å². The molecule has 37 heavy (non-hydrogen) atoms. The van der Waals surface area contributed by atoms with E-state index in [4.69, 9.17) is 56.0 Å². The molecule has 0 fully saturated rings. The maximum absolute atomic E-state index is 14.7. The van der Waals surface area contributed by atoms with Crippen LogP contribution in [0.1, 0.15) is 30.0 Å². The number of carbonyl (C=O) groups excluding carboxylic acids is 1. The van der Waals surface area contributed by atoms with Gasteiger partial charge < -0.3 is 9.57 Å². The van der Waals surface area contributed by atoms with Crippen molar-refractivity contribution < 1.29 is 31.9 Å². The van der Waals surface area contributed by atoms with Gasteiger partial charge in [0.05, 0.1) is 27.0 Å². The summed E-state index contributed by atoms with van der Waals surface area (Å²) in [6.07, 6.45) is -4.23. The van der Waals surface area contributed by atoms with Gasteiger partial charge in [0.1, 0.15) is 12.4 Å². The summed E-state index contributed by atoms with van der Waals surface area (Å²) in [6.45, 7) is 1.30. The molecule has 5 nitrogen and oxygen atoms in total. The molecule has 13 heteroatoms. The fourth-order valence-corrected chi connectivity index (χ4v) is 4.46. The smallest absolute Gasteiger partial charge is 0.417 e. The highest BCUT2D eigenvalue weighted by Gasteiger charge is 2.44. The number of hydrogen-bond donors (Lipinski definition) is 0. The molecule has 0 spiro atoms. The van der Waals surface area contributed by atoms with Gasteiger partial charge in [-0.1, -0.05) is 57.6 Å². The summed E-state index contributed by atoms with van der Waals surface area (Å²) in [5.74, 6) is -1.62. The van der Waals surface area contributed by atoms with Gasteiger partial charge in [0.15, 0.2) is 0 Å². The van der Waals surface area contributed by atoms with E-state index in [0.29, 0.717) is 27.9 Å². The Bertz CT molecular complexity index is 1430. The largest absolute Gasteiger partial charge is 0.458 e. The molecule has 0 aliphatic carbocycles. The average molecular weight is 596 g/mol. The van der Waals surface area contributed by atoms with Crippen LogP contribution in [0.15, 0.2) is 47.8 Å². The number of hydrogen-bond acceptors (Lipinski definition) is 5. The second-order valence-electron chi connectivity index (χ2n) is 8.21. The van der Waals surface area contributed by atoms with Gasteiger partial charge in [-0.2, -0.15) is 13.2 Å². The molecule has 0 amide bonds. The Kier molecular flexibility index (Phi) is 7.63. The maximum Gasteiger partial charge on any atom is 0.417 e. The van der Waals surface area contributed by atoms with Crippen molar-refractivity contribution in [1.29, 1.82) is 0 Å². The van der Waals surface area contributed by atoms with E-state index in [1.807, 2.05) is 0 Å². The van der Waals surface area contributed by atoms with Crippen LogP contribution >= 0.6 is 46.4 Å². The first kappa shape index (κ1) is 27.4. The molecule has 1 aromatic heterocycles. The summed E-state index contributed by atoms with van der Waals surface area (Å²) in [5.41, 5.74) is -2.18. The number of benzene rings is 2. The quantitative estimate of drug-likeness (QED) is 0.221. The van der Waals surface area contributed by atoms with E-state index in [-0.39, 0.29) is 40.6 Å². The Morgan fingerprint density at radius 3 is 2.43 bits per heavy atom. The van der Waals surface area contributed by atoms with Gasteiger partial charge in [0.25, 0.3) is 0 Å². The predicted molar refractivity (Wildman–Crippen MR) is 132 cm³/mol. The van der Waals surface area contributed by atoms with Crippen molar-refractivity contribution in [3.05, 3.63) is 85.2 Å². The van der Waals surface area contributed by atoms with Gasteiger partial charge in [-0.05, 0) is 37.3 Å². The highest BCUT2D eigenvalue weighted by atomic mass is 35.5. The highest BCUT2D eigenvalue weighted by Crippen LogP contribution is 2.38. The summed E-state index contributed by atoms with van der Waals surface area (Å²) in [4.78, 5) is 21.8. The van der Waals surface area contributed by atoms with E-state index in [1.54, 1.807) is 12.1 Å². The second kappa shape index (κ2) is 10.3. The lowest BCUT2D eigenvalue weighted by molar-refractivity contribution is -0.168. The molecule has 194 valence electrons. The van der Waals surface area contributed by atoms with E-state index >= 15 is 0 Å². The zero-order valence-corrected chi connectivity index (χ0v) is 21.6. The van der Waals surface area contributed by atoms with Gasteiger partial charge in [0, 0.05) is 39.4 Å². The standard InChI is InChI=1S/C24H14Cl4F4N2O3/c1-23(22(35)36-10-11-2-3-13(25)5-16(11)26)8-20(34-37-23)14-6-15(19(29)7-17(14)27)21-18(28)4-12(9-33-21)24(30,31)32/h2-7,9H,8,10H2,1H3. The number of ether oxygens (including phenoxy) is 1. The Balaban J connectivity index is 1.56. The number of nitrogens with zero attached hydrogens (tertiary/aromatic N) is 2. The highest BCUT2D eigenvalue weighted by molar-refractivity contribution is 6.35. The maximum atomic E-state index is 14.7. The van der Waals surface area contributed by atoms with Crippen LogP contribution in [0.4, 0.5) is 17.6 Å². The molecule has 0 saturated carbocycles. The molecule has 1 unspecified atom stereocenters. The van der Waals surface area contributed by atoms with Gasteiger partial charge in [-0.25, -0.2) is 9.18 Å². The monoisotopic (exact) mass is 594 g/mol. The third kappa shape index (κ3) is 5.80. The minimum absolute atomic E-state index is 0.0720. The van der Waals surface area contributed by atoms with Crippen molar-refractivity contribution in [1.82, 2.24) is 4.98 Å². The molecule has 0 saturated heterocycles. The van der Waals surface area contributed by atoms with Crippen LogP contribution in [-0.4, -0.2) is 22.3 Å². The van der Waals surface area contributed by atoms with Gasteiger partial charge in [-0.3, -0.25) is 4.98 Å². The number of pyridine rings is 1. The molecule has 1 aliphatic rings. The first-order valence-electron chi connectivity index (χ1n) is 10.4. The van der Waals surface area contributed by atoms with Crippen LogP contribution in [0.5, 0.6) is 0 Å². The van der Waals surface area contributed by atoms with Gasteiger partial charge >= 0.3 is 12.1 Å². The lowest BCUT2D eigenvalue weighted by Gasteiger charge is -2.19. The molecular weight excluding hydrogens is 582 g/mol. The molecule has 0 N–H and O–H groups in total. The third-order valence-electron chi connectivity index (χ3n) is 5.46.